The molecule has 0 radical (unpaired) electrons. The van der Waals surface area contributed by atoms with Gasteiger partial charge < -0.3 is 19.9 Å². The summed E-state index contributed by atoms with van der Waals surface area (Å²) >= 11 is 0. The second kappa shape index (κ2) is 9.81. The third kappa shape index (κ3) is 5.96. The molecule has 0 bridgehead atoms. The van der Waals surface area contributed by atoms with Crippen molar-refractivity contribution in [3.63, 3.8) is 0 Å². The Kier molecular flexibility index (Phi) is 7.15. The minimum Gasteiger partial charge on any atom is -0.462 e. The van der Waals surface area contributed by atoms with Gasteiger partial charge in [-0.15, -0.1) is 0 Å². The van der Waals surface area contributed by atoms with Crippen LogP contribution in [0.3, 0.4) is 0 Å². The zero-order valence-electron chi connectivity index (χ0n) is 18.9. The lowest BCUT2D eigenvalue weighted by Gasteiger charge is -2.23. The van der Waals surface area contributed by atoms with E-state index in [1.165, 1.54) is 5.56 Å². The number of esters is 1. The van der Waals surface area contributed by atoms with Crippen molar-refractivity contribution in [2.45, 2.75) is 39.5 Å². The molecule has 1 aromatic heterocycles. The van der Waals surface area contributed by atoms with Crippen LogP contribution in [0.25, 0.3) is 0 Å². The number of hydrogen-bond donors (Lipinski definition) is 1. The minimum absolute atomic E-state index is 0.0827. The predicted octanol–water partition coefficient (Wildman–Crippen LogP) is 4.30. The molecule has 1 N–H and O–H groups in total. The molecule has 1 aliphatic rings. The number of urea groups is 1. The molecule has 1 aliphatic heterocycles. The van der Waals surface area contributed by atoms with Crippen LogP contribution in [0.2, 0.25) is 0 Å². The first-order valence-corrected chi connectivity index (χ1v) is 10.8. The van der Waals surface area contributed by atoms with Gasteiger partial charge in [-0.2, -0.15) is 0 Å². The largest absolute Gasteiger partial charge is 0.462 e. The van der Waals surface area contributed by atoms with Crippen molar-refractivity contribution in [1.82, 2.24) is 9.88 Å². The third-order valence-corrected chi connectivity index (χ3v) is 5.37. The number of aromatic nitrogens is 1. The number of anilines is 2. The highest BCUT2D eigenvalue weighted by molar-refractivity contribution is 5.90. The van der Waals surface area contributed by atoms with E-state index in [9.17, 15) is 9.59 Å². The van der Waals surface area contributed by atoms with Gasteiger partial charge in [0.05, 0.1) is 12.2 Å². The highest BCUT2D eigenvalue weighted by Crippen LogP contribution is 2.23. The topological polar surface area (TPSA) is 74.8 Å². The van der Waals surface area contributed by atoms with Crippen LogP contribution in [-0.2, 0) is 10.2 Å². The molecule has 2 aromatic rings. The van der Waals surface area contributed by atoms with Crippen LogP contribution in [0, 0.1) is 0 Å². The summed E-state index contributed by atoms with van der Waals surface area (Å²) in [5.41, 5.74) is 2.56. The zero-order chi connectivity index (χ0) is 22.4. The molecule has 2 heterocycles. The number of carbonyl (C=O) groups is 2. The fourth-order valence-corrected chi connectivity index (χ4v) is 3.51. The van der Waals surface area contributed by atoms with E-state index in [2.05, 4.69) is 48.1 Å². The number of amides is 2. The van der Waals surface area contributed by atoms with Crippen LogP contribution < -0.4 is 10.2 Å². The lowest BCUT2D eigenvalue weighted by atomic mass is 9.87. The number of hydrogen-bond acceptors (Lipinski definition) is 5. The molecule has 31 heavy (non-hydrogen) atoms. The van der Waals surface area contributed by atoms with Crippen molar-refractivity contribution >= 4 is 23.5 Å². The van der Waals surface area contributed by atoms with Crippen LogP contribution in [0.5, 0.6) is 0 Å². The van der Waals surface area contributed by atoms with E-state index in [4.69, 9.17) is 4.74 Å². The Morgan fingerprint density at radius 1 is 1.03 bits per heavy atom. The van der Waals surface area contributed by atoms with Gasteiger partial charge in [0.15, 0.2) is 0 Å². The molecule has 7 heteroatoms. The van der Waals surface area contributed by atoms with Crippen LogP contribution in [-0.4, -0.2) is 54.7 Å². The fraction of sp³-hybridized carbons (Fsp3) is 0.458. The summed E-state index contributed by atoms with van der Waals surface area (Å²) in [6.45, 7) is 11.4. The quantitative estimate of drug-likeness (QED) is 0.741. The Morgan fingerprint density at radius 3 is 2.39 bits per heavy atom. The summed E-state index contributed by atoms with van der Waals surface area (Å²) in [7, 11) is 0. The number of nitrogens with zero attached hydrogens (tertiary/aromatic N) is 3. The Hall–Kier alpha value is -3.09. The maximum atomic E-state index is 12.8. The summed E-state index contributed by atoms with van der Waals surface area (Å²) in [6, 6.07) is 11.5. The average Bonchev–Trinajstić information content (AvgIpc) is 3.00. The van der Waals surface area contributed by atoms with Crippen LogP contribution in [0.15, 0.2) is 42.6 Å². The highest BCUT2D eigenvalue weighted by Gasteiger charge is 2.21. The molecule has 166 valence electrons. The first-order chi connectivity index (χ1) is 14.8. The van der Waals surface area contributed by atoms with E-state index < -0.39 is 0 Å². The van der Waals surface area contributed by atoms with E-state index in [-0.39, 0.29) is 17.4 Å². The van der Waals surface area contributed by atoms with E-state index in [0.29, 0.717) is 31.8 Å². The van der Waals surface area contributed by atoms with E-state index in [1.54, 1.807) is 19.2 Å². The van der Waals surface area contributed by atoms with Crippen LogP contribution >= 0.6 is 0 Å². The summed E-state index contributed by atoms with van der Waals surface area (Å²) in [6.07, 6.45) is 2.39. The Balaban J connectivity index is 1.57. The highest BCUT2D eigenvalue weighted by atomic mass is 16.5. The van der Waals surface area contributed by atoms with Crippen molar-refractivity contribution < 1.29 is 14.3 Å². The summed E-state index contributed by atoms with van der Waals surface area (Å²) < 4.78 is 5.00. The smallest absolute Gasteiger partial charge is 0.339 e. The number of rotatable bonds is 4. The van der Waals surface area contributed by atoms with Gasteiger partial charge in [-0.1, -0.05) is 32.9 Å². The van der Waals surface area contributed by atoms with Gasteiger partial charge in [0, 0.05) is 38.1 Å². The first-order valence-electron chi connectivity index (χ1n) is 10.8. The van der Waals surface area contributed by atoms with Crippen LogP contribution in [0.1, 0.15) is 50.0 Å². The molecule has 1 fully saturated rings. The third-order valence-electron chi connectivity index (χ3n) is 5.37. The predicted molar refractivity (Wildman–Crippen MR) is 123 cm³/mol. The lowest BCUT2D eigenvalue weighted by Crippen LogP contribution is -2.38. The molecule has 1 aromatic carbocycles. The first kappa shape index (κ1) is 22.6. The molecular weight excluding hydrogens is 392 g/mol. The number of carbonyl (C=O) groups excluding carboxylic acids is 2. The Morgan fingerprint density at radius 2 is 1.77 bits per heavy atom. The molecule has 0 unspecified atom stereocenters. The summed E-state index contributed by atoms with van der Waals surface area (Å²) in [4.78, 5) is 32.9. The minimum atomic E-state index is -0.365. The monoisotopic (exact) mass is 424 g/mol. The molecule has 0 spiro atoms. The van der Waals surface area contributed by atoms with Gasteiger partial charge >= 0.3 is 12.0 Å². The summed E-state index contributed by atoms with van der Waals surface area (Å²) in [5, 5.41) is 3.01. The number of ether oxygens (including phenoxy) is 1. The standard InChI is InChI=1S/C24H32N4O3/c1-5-31-22(29)18-7-12-21(25-17-18)27-13-6-14-28(16-15-27)23(30)26-20-10-8-19(9-11-20)24(2,3)4/h7-12,17H,5-6,13-16H2,1-4H3,(H,26,30). The van der Waals surface area contributed by atoms with E-state index in [0.717, 1.165) is 24.5 Å². The zero-order valence-corrected chi connectivity index (χ0v) is 18.9. The van der Waals surface area contributed by atoms with Gasteiger partial charge in [-0.05, 0) is 48.6 Å². The lowest BCUT2D eigenvalue weighted by molar-refractivity contribution is 0.0526. The molecule has 3 rings (SSSR count). The second-order valence-corrected chi connectivity index (χ2v) is 8.71. The molecular formula is C24H32N4O3. The van der Waals surface area contributed by atoms with E-state index in [1.807, 2.05) is 23.1 Å². The van der Waals surface area contributed by atoms with Crippen LogP contribution in [0.4, 0.5) is 16.3 Å². The Labute approximate surface area is 184 Å². The second-order valence-electron chi connectivity index (χ2n) is 8.71. The van der Waals surface area contributed by atoms with Crippen molar-refractivity contribution in [3.8, 4) is 0 Å². The fourth-order valence-electron chi connectivity index (χ4n) is 3.51. The molecule has 0 aliphatic carbocycles. The number of pyridine rings is 1. The SMILES string of the molecule is CCOC(=O)c1ccc(N2CCCN(C(=O)Nc3ccc(C(C)(C)C)cc3)CC2)nc1. The Bertz CT molecular complexity index is 889. The van der Waals surface area contributed by atoms with Crippen molar-refractivity contribution in [2.24, 2.45) is 0 Å². The van der Waals surface area contributed by atoms with E-state index >= 15 is 0 Å². The number of benzene rings is 1. The maximum absolute atomic E-state index is 12.8. The van der Waals surface area contributed by atoms with Gasteiger partial charge in [0.25, 0.3) is 0 Å². The molecule has 2 amide bonds. The van der Waals surface area contributed by atoms with Gasteiger partial charge in [0.2, 0.25) is 0 Å². The molecule has 0 saturated carbocycles. The van der Waals surface area contributed by atoms with Gasteiger partial charge in [-0.25, -0.2) is 14.6 Å². The number of nitrogens with one attached hydrogen (secondary N) is 1. The summed E-state index contributed by atoms with van der Waals surface area (Å²) in [5.74, 6) is 0.434. The van der Waals surface area contributed by atoms with Gasteiger partial charge in [-0.3, -0.25) is 0 Å². The molecule has 7 nitrogen and oxygen atoms in total. The van der Waals surface area contributed by atoms with Crippen molar-refractivity contribution in [3.05, 3.63) is 53.7 Å². The average molecular weight is 425 g/mol. The van der Waals surface area contributed by atoms with Crippen molar-refractivity contribution in [1.29, 1.82) is 0 Å². The van der Waals surface area contributed by atoms with Crippen molar-refractivity contribution in [2.75, 3.05) is 43.0 Å². The van der Waals surface area contributed by atoms with Gasteiger partial charge in [0.1, 0.15) is 5.82 Å². The molecule has 1 saturated heterocycles. The maximum Gasteiger partial charge on any atom is 0.339 e. The molecule has 0 atom stereocenters. The normalized spacial score (nSPS) is 14.7.